The van der Waals surface area contributed by atoms with E-state index in [9.17, 15) is 4.21 Å². The van der Waals surface area contributed by atoms with Crippen LogP contribution in [0.15, 0.2) is 46.8 Å². The summed E-state index contributed by atoms with van der Waals surface area (Å²) in [6.07, 6.45) is 1.74. The van der Waals surface area contributed by atoms with Crippen molar-refractivity contribution in [1.82, 2.24) is 14.6 Å². The minimum Gasteiger partial charge on any atom is -0.395 e. The van der Waals surface area contributed by atoms with Gasteiger partial charge in [-0.2, -0.15) is 0 Å². The normalized spacial score (nSPS) is 14.3. The number of nitrogens with zero attached hydrogens (tertiary/aromatic N) is 3. The summed E-state index contributed by atoms with van der Waals surface area (Å²) in [4.78, 5) is 11.9. The highest BCUT2D eigenvalue weighted by Gasteiger charge is 2.21. The van der Waals surface area contributed by atoms with E-state index in [-0.39, 0.29) is 19.2 Å². The molecule has 0 radical (unpaired) electrons. The summed E-state index contributed by atoms with van der Waals surface area (Å²) >= 11 is 0. The van der Waals surface area contributed by atoms with Crippen LogP contribution in [-0.4, -0.2) is 51.8 Å². The van der Waals surface area contributed by atoms with E-state index in [0.29, 0.717) is 4.90 Å². The van der Waals surface area contributed by atoms with Crippen molar-refractivity contribution in [1.29, 1.82) is 0 Å². The molecule has 148 valence electrons. The molecule has 28 heavy (non-hydrogen) atoms. The molecule has 7 nitrogen and oxygen atoms in total. The van der Waals surface area contributed by atoms with Crippen LogP contribution in [0.3, 0.4) is 0 Å². The zero-order valence-electron chi connectivity index (χ0n) is 16.3. The average Bonchev–Trinajstić information content (AvgIpc) is 2.68. The Kier molecular flexibility index (Phi) is 6.23. The number of aliphatic hydroxyl groups excluding tert-OH is 1. The predicted molar refractivity (Wildman–Crippen MR) is 115 cm³/mol. The second-order valence-corrected chi connectivity index (χ2v) is 8.06. The smallest absolute Gasteiger partial charge is 0.138 e. The second-order valence-electron chi connectivity index (χ2n) is 6.76. The maximum atomic E-state index is 12.1. The first-order chi connectivity index (χ1) is 13.4. The summed E-state index contributed by atoms with van der Waals surface area (Å²) in [5, 5.41) is 12.2. The summed E-state index contributed by atoms with van der Waals surface area (Å²) in [5.41, 5.74) is 4.23. The van der Waals surface area contributed by atoms with Crippen LogP contribution in [0, 0.1) is 0 Å². The minimum atomic E-state index is -1.35. The monoisotopic (exact) mass is 399 g/mol. The summed E-state index contributed by atoms with van der Waals surface area (Å²) in [6, 6.07) is 9.50. The van der Waals surface area contributed by atoms with Crippen molar-refractivity contribution in [3.05, 3.63) is 42.5 Å². The van der Waals surface area contributed by atoms with Gasteiger partial charge in [-0.15, -0.1) is 0 Å². The number of anilines is 1. The second kappa shape index (κ2) is 8.64. The average molecular weight is 400 g/mol. The van der Waals surface area contributed by atoms with Crippen molar-refractivity contribution in [2.24, 2.45) is 4.99 Å². The maximum absolute atomic E-state index is 12.1. The Morgan fingerprint density at radius 1 is 1.29 bits per heavy atom. The lowest BCUT2D eigenvalue weighted by Gasteiger charge is -2.26. The van der Waals surface area contributed by atoms with E-state index in [1.165, 1.54) is 0 Å². The molecule has 1 aromatic heterocycles. The molecule has 0 amide bonds. The van der Waals surface area contributed by atoms with Gasteiger partial charge in [-0.3, -0.25) is 0 Å². The van der Waals surface area contributed by atoms with E-state index in [4.69, 9.17) is 10.1 Å². The van der Waals surface area contributed by atoms with Crippen LogP contribution in [0.1, 0.15) is 19.4 Å². The fourth-order valence-corrected chi connectivity index (χ4v) is 3.64. The van der Waals surface area contributed by atoms with Gasteiger partial charge in [0.05, 0.1) is 34.8 Å². The number of fused-ring (bicyclic) bond motifs is 1. The SMILES string of the molecule is C=C1c2c(cc(-c3ccc(S(=O)NCCO)cc3)nc2NC(C)C)N=CN1C. The molecule has 0 spiro atoms. The fraction of sp³-hybridized carbons (Fsp3) is 0.300. The standard InChI is InChI=1S/C20H25N5O2S/c1-13(2)23-20-19-14(3)25(4)12-21-18(19)11-17(24-20)15-5-7-16(8-6-15)28(27)22-9-10-26/h5-8,11-13,22,26H,3,9-10H2,1-2,4H3,(H,23,24). The molecule has 8 heteroatoms. The highest BCUT2D eigenvalue weighted by molar-refractivity contribution is 7.83. The van der Waals surface area contributed by atoms with E-state index < -0.39 is 11.0 Å². The van der Waals surface area contributed by atoms with Crippen LogP contribution in [0.5, 0.6) is 0 Å². The van der Waals surface area contributed by atoms with Crippen molar-refractivity contribution >= 4 is 34.5 Å². The zero-order valence-corrected chi connectivity index (χ0v) is 17.1. The van der Waals surface area contributed by atoms with Gasteiger partial charge in [0, 0.05) is 30.9 Å². The Bertz CT molecular complexity index is 925. The van der Waals surface area contributed by atoms with E-state index >= 15 is 0 Å². The topological polar surface area (TPSA) is 89.8 Å². The molecule has 1 aliphatic heterocycles. The molecule has 1 atom stereocenters. The van der Waals surface area contributed by atoms with Gasteiger partial charge >= 0.3 is 0 Å². The molecule has 3 N–H and O–H groups in total. The largest absolute Gasteiger partial charge is 0.395 e. The molecule has 2 aromatic rings. The molecule has 3 rings (SSSR count). The van der Waals surface area contributed by atoms with Gasteiger partial charge in [0.15, 0.2) is 0 Å². The number of hydrogen-bond donors (Lipinski definition) is 3. The number of pyridine rings is 1. The lowest BCUT2D eigenvalue weighted by Crippen LogP contribution is -2.21. The van der Waals surface area contributed by atoms with Crippen LogP contribution in [0.25, 0.3) is 17.0 Å². The Labute approximate surface area is 167 Å². The van der Waals surface area contributed by atoms with Crippen molar-refractivity contribution in [2.75, 3.05) is 25.5 Å². The van der Waals surface area contributed by atoms with Crippen LogP contribution >= 0.6 is 0 Å². The van der Waals surface area contributed by atoms with Gasteiger partial charge in [0.2, 0.25) is 0 Å². The van der Waals surface area contributed by atoms with Gasteiger partial charge in [-0.05, 0) is 32.0 Å². The Morgan fingerprint density at radius 2 is 2.00 bits per heavy atom. The zero-order chi connectivity index (χ0) is 20.3. The molecule has 0 aliphatic carbocycles. The highest BCUT2D eigenvalue weighted by atomic mass is 32.2. The highest BCUT2D eigenvalue weighted by Crippen LogP contribution is 2.38. The number of benzene rings is 1. The van der Waals surface area contributed by atoms with Crippen molar-refractivity contribution in [2.45, 2.75) is 24.8 Å². The Morgan fingerprint density at radius 3 is 2.64 bits per heavy atom. The molecule has 0 saturated carbocycles. The maximum Gasteiger partial charge on any atom is 0.138 e. The van der Waals surface area contributed by atoms with E-state index in [2.05, 4.69) is 35.5 Å². The first-order valence-corrected chi connectivity index (χ1v) is 10.2. The number of aliphatic hydroxyl groups is 1. The number of aliphatic imine (C=N–C) groups is 1. The number of aromatic nitrogens is 1. The lowest BCUT2D eigenvalue weighted by molar-refractivity contribution is 0.302. The number of hydrogen-bond acceptors (Lipinski definition) is 6. The molecule has 1 aliphatic rings. The van der Waals surface area contributed by atoms with E-state index in [1.807, 2.05) is 30.1 Å². The fourth-order valence-electron chi connectivity index (χ4n) is 2.81. The summed E-state index contributed by atoms with van der Waals surface area (Å²) in [7, 11) is 0.554. The van der Waals surface area contributed by atoms with Crippen LogP contribution in [0.2, 0.25) is 0 Å². The molecule has 1 aromatic carbocycles. The van der Waals surface area contributed by atoms with E-state index in [0.717, 1.165) is 34.0 Å². The third kappa shape index (κ3) is 4.30. The minimum absolute atomic E-state index is 0.0600. The Balaban J connectivity index is 1.98. The van der Waals surface area contributed by atoms with Crippen molar-refractivity contribution in [3.8, 4) is 11.3 Å². The quantitative estimate of drug-likeness (QED) is 0.666. The molecular formula is C20H25N5O2S. The predicted octanol–water partition coefficient (Wildman–Crippen LogP) is 2.75. The summed E-state index contributed by atoms with van der Waals surface area (Å²) < 4.78 is 14.9. The van der Waals surface area contributed by atoms with Gasteiger partial charge in [-0.1, -0.05) is 18.7 Å². The first-order valence-electron chi connectivity index (χ1n) is 9.05. The summed E-state index contributed by atoms with van der Waals surface area (Å²) in [6.45, 7) is 8.49. The Hall–Kier alpha value is -2.55. The molecule has 0 fully saturated rings. The third-order valence-electron chi connectivity index (χ3n) is 4.22. The van der Waals surface area contributed by atoms with Gasteiger partial charge in [0.1, 0.15) is 16.8 Å². The molecule has 1 unspecified atom stereocenters. The lowest BCUT2D eigenvalue weighted by atomic mass is 10.0. The van der Waals surface area contributed by atoms with Crippen molar-refractivity contribution < 1.29 is 9.32 Å². The van der Waals surface area contributed by atoms with Gasteiger partial charge in [0.25, 0.3) is 0 Å². The third-order valence-corrected chi connectivity index (χ3v) is 5.38. The van der Waals surface area contributed by atoms with Gasteiger partial charge < -0.3 is 15.3 Å². The molecule has 2 heterocycles. The molecular weight excluding hydrogens is 374 g/mol. The summed E-state index contributed by atoms with van der Waals surface area (Å²) in [5.74, 6) is 0.744. The first kappa shape index (κ1) is 20.2. The number of rotatable bonds is 7. The van der Waals surface area contributed by atoms with Crippen LogP contribution in [0.4, 0.5) is 11.5 Å². The van der Waals surface area contributed by atoms with Crippen LogP contribution in [-0.2, 0) is 11.0 Å². The van der Waals surface area contributed by atoms with Crippen LogP contribution < -0.4 is 10.0 Å². The van der Waals surface area contributed by atoms with Gasteiger partial charge in [-0.25, -0.2) is 18.9 Å². The van der Waals surface area contributed by atoms with Crippen molar-refractivity contribution in [3.63, 3.8) is 0 Å². The molecule has 0 bridgehead atoms. The molecule has 0 saturated heterocycles. The van der Waals surface area contributed by atoms with E-state index in [1.54, 1.807) is 18.5 Å². The number of nitrogens with one attached hydrogen (secondary N) is 2.